The van der Waals surface area contributed by atoms with Crippen molar-refractivity contribution >= 4 is 6.09 Å². The van der Waals surface area contributed by atoms with Gasteiger partial charge in [-0.25, -0.2) is 4.79 Å². The van der Waals surface area contributed by atoms with Crippen molar-refractivity contribution in [3.05, 3.63) is 0 Å². The number of rotatable bonds is 32. The van der Waals surface area contributed by atoms with Gasteiger partial charge in [0.15, 0.2) is 0 Å². The fourth-order valence-corrected chi connectivity index (χ4v) is 4.84. The predicted octanol–water partition coefficient (Wildman–Crippen LogP) is 9.30. The van der Waals surface area contributed by atoms with Crippen molar-refractivity contribution in [1.29, 1.82) is 0 Å². The molecule has 0 fully saturated rings. The lowest BCUT2D eigenvalue weighted by molar-refractivity contribution is -0.0468. The SMILES string of the molecule is CCCCCCCCCCCCCCOCC(COC(=O)NCCN(C)C)OCCCCCCCCCCCC. The quantitative estimate of drug-likeness (QED) is 0.0817. The fraction of sp³-hybridized carbons (Fsp3) is 0.971. The second-order valence-electron chi connectivity index (χ2n) is 12.0. The molecule has 0 bridgehead atoms. The van der Waals surface area contributed by atoms with Gasteiger partial charge in [-0.3, -0.25) is 0 Å². The molecule has 6 nitrogen and oxygen atoms in total. The average molecular weight is 571 g/mol. The molecule has 0 heterocycles. The Kier molecular flexibility index (Phi) is 32.0. The summed E-state index contributed by atoms with van der Waals surface area (Å²) in [6.45, 7) is 8.10. The van der Waals surface area contributed by atoms with E-state index in [1.807, 2.05) is 19.0 Å². The molecule has 240 valence electrons. The number of alkyl carbamates (subject to hydrolysis) is 1. The minimum Gasteiger partial charge on any atom is -0.447 e. The van der Waals surface area contributed by atoms with Crippen LogP contribution in [0.15, 0.2) is 0 Å². The van der Waals surface area contributed by atoms with Crippen LogP contribution >= 0.6 is 0 Å². The van der Waals surface area contributed by atoms with Crippen molar-refractivity contribution in [1.82, 2.24) is 10.2 Å². The Morgan fingerprint density at radius 1 is 0.600 bits per heavy atom. The molecule has 40 heavy (non-hydrogen) atoms. The summed E-state index contributed by atoms with van der Waals surface area (Å²) in [6.07, 6.45) is 28.6. The highest BCUT2D eigenvalue weighted by molar-refractivity contribution is 5.67. The Morgan fingerprint density at radius 3 is 1.48 bits per heavy atom. The molecule has 0 aliphatic carbocycles. The molecule has 0 saturated carbocycles. The molecule has 0 aromatic heterocycles. The minimum absolute atomic E-state index is 0.199. The van der Waals surface area contributed by atoms with Gasteiger partial charge in [-0.05, 0) is 26.9 Å². The van der Waals surface area contributed by atoms with Gasteiger partial charge in [-0.15, -0.1) is 0 Å². The predicted molar refractivity (Wildman–Crippen MR) is 171 cm³/mol. The topological polar surface area (TPSA) is 60.0 Å². The largest absolute Gasteiger partial charge is 0.447 e. The second-order valence-corrected chi connectivity index (χ2v) is 12.0. The summed E-state index contributed by atoms with van der Waals surface area (Å²) in [5, 5.41) is 2.80. The van der Waals surface area contributed by atoms with Gasteiger partial charge in [-0.2, -0.15) is 0 Å². The summed E-state index contributed by atoms with van der Waals surface area (Å²) in [5.74, 6) is 0. The monoisotopic (exact) mass is 571 g/mol. The van der Waals surface area contributed by atoms with E-state index in [1.54, 1.807) is 0 Å². The lowest BCUT2D eigenvalue weighted by Gasteiger charge is -2.19. The molecule has 0 aliphatic heterocycles. The third-order valence-corrected chi connectivity index (χ3v) is 7.53. The zero-order valence-electron chi connectivity index (χ0n) is 27.5. The smallest absolute Gasteiger partial charge is 0.407 e. The molecule has 1 atom stereocenters. The van der Waals surface area contributed by atoms with Gasteiger partial charge in [0.05, 0.1) is 6.61 Å². The maximum atomic E-state index is 12.0. The van der Waals surface area contributed by atoms with Crippen LogP contribution in [0.3, 0.4) is 0 Å². The van der Waals surface area contributed by atoms with Crippen molar-refractivity contribution in [2.75, 3.05) is 53.6 Å². The normalized spacial score (nSPS) is 12.2. The van der Waals surface area contributed by atoms with Gasteiger partial charge in [0, 0.05) is 26.3 Å². The summed E-state index contributed by atoms with van der Waals surface area (Å²) in [4.78, 5) is 14.1. The number of carbonyl (C=O) groups excluding carboxylic acids is 1. The minimum atomic E-state index is -0.379. The van der Waals surface area contributed by atoms with Crippen molar-refractivity contribution in [2.45, 2.75) is 161 Å². The van der Waals surface area contributed by atoms with Crippen LogP contribution in [0.5, 0.6) is 0 Å². The molecular weight excluding hydrogens is 500 g/mol. The lowest BCUT2D eigenvalue weighted by atomic mass is 10.1. The lowest BCUT2D eigenvalue weighted by Crippen LogP contribution is -2.35. The summed E-state index contributed by atoms with van der Waals surface area (Å²) < 4.78 is 17.5. The van der Waals surface area contributed by atoms with Gasteiger partial charge in [0.2, 0.25) is 0 Å². The maximum absolute atomic E-state index is 12.0. The van der Waals surface area contributed by atoms with Gasteiger partial charge in [0.1, 0.15) is 12.7 Å². The molecule has 6 heteroatoms. The maximum Gasteiger partial charge on any atom is 0.407 e. The van der Waals surface area contributed by atoms with Crippen LogP contribution in [0.25, 0.3) is 0 Å². The average Bonchev–Trinajstić information content (AvgIpc) is 2.94. The van der Waals surface area contributed by atoms with Crippen LogP contribution in [0.4, 0.5) is 4.79 Å². The molecule has 0 spiro atoms. The Labute approximate surface area is 250 Å². The third-order valence-electron chi connectivity index (χ3n) is 7.53. The molecule has 0 saturated heterocycles. The van der Waals surface area contributed by atoms with E-state index in [0.717, 1.165) is 26.0 Å². The number of nitrogens with zero attached hydrogens (tertiary/aromatic N) is 1. The van der Waals surface area contributed by atoms with Crippen LogP contribution in [0.2, 0.25) is 0 Å². The number of likely N-dealkylation sites (N-methyl/N-ethyl adjacent to an activating group) is 1. The van der Waals surface area contributed by atoms with Crippen LogP contribution in [0.1, 0.15) is 155 Å². The molecule has 0 aromatic carbocycles. The van der Waals surface area contributed by atoms with Crippen LogP contribution < -0.4 is 5.32 Å². The van der Waals surface area contributed by atoms with E-state index >= 15 is 0 Å². The Bertz CT molecular complexity index is 504. The van der Waals surface area contributed by atoms with Gasteiger partial charge in [-0.1, -0.05) is 142 Å². The van der Waals surface area contributed by atoms with E-state index in [9.17, 15) is 4.79 Å². The summed E-state index contributed by atoms with van der Waals surface area (Å²) in [7, 11) is 3.97. The summed E-state index contributed by atoms with van der Waals surface area (Å²) in [6, 6.07) is 0. The fourth-order valence-electron chi connectivity index (χ4n) is 4.84. The van der Waals surface area contributed by atoms with Crippen LogP contribution in [-0.2, 0) is 14.2 Å². The van der Waals surface area contributed by atoms with Crippen molar-refractivity contribution in [3.63, 3.8) is 0 Å². The number of nitrogens with one attached hydrogen (secondary N) is 1. The van der Waals surface area contributed by atoms with Crippen LogP contribution in [-0.4, -0.2) is 70.7 Å². The van der Waals surface area contributed by atoms with E-state index in [0.29, 0.717) is 19.8 Å². The van der Waals surface area contributed by atoms with Gasteiger partial charge in [0.25, 0.3) is 0 Å². The standard InChI is InChI=1S/C34H70N2O4/c1-5-7-9-11-13-15-17-18-19-21-23-25-29-38-31-33(32-40-34(37)35-27-28-36(3)4)39-30-26-24-22-20-16-14-12-10-8-6-2/h33H,5-32H2,1-4H3,(H,35,37). The molecule has 0 aliphatic rings. The van der Waals surface area contributed by atoms with E-state index in [1.165, 1.54) is 128 Å². The highest BCUT2D eigenvalue weighted by atomic mass is 16.6. The van der Waals surface area contributed by atoms with E-state index < -0.39 is 0 Å². The molecule has 0 rings (SSSR count). The molecule has 0 aromatic rings. The Morgan fingerprint density at radius 2 is 1.02 bits per heavy atom. The first-order valence-corrected chi connectivity index (χ1v) is 17.3. The highest BCUT2D eigenvalue weighted by Crippen LogP contribution is 2.13. The number of hydrogen-bond donors (Lipinski definition) is 1. The molecule has 0 radical (unpaired) electrons. The number of carbonyl (C=O) groups is 1. The first-order valence-electron chi connectivity index (χ1n) is 17.3. The van der Waals surface area contributed by atoms with Crippen LogP contribution in [0, 0.1) is 0 Å². The first-order chi connectivity index (χ1) is 19.6. The highest BCUT2D eigenvalue weighted by Gasteiger charge is 2.13. The van der Waals surface area contributed by atoms with Crippen molar-refractivity contribution < 1.29 is 19.0 Å². The van der Waals surface area contributed by atoms with Gasteiger partial charge < -0.3 is 24.4 Å². The third kappa shape index (κ3) is 31.7. The molecule has 1 amide bonds. The molecule has 1 unspecified atom stereocenters. The Hall–Kier alpha value is -0.850. The van der Waals surface area contributed by atoms with Crippen molar-refractivity contribution in [2.24, 2.45) is 0 Å². The number of unbranched alkanes of at least 4 members (excludes halogenated alkanes) is 20. The summed E-state index contributed by atoms with van der Waals surface area (Å²) in [5.41, 5.74) is 0. The van der Waals surface area contributed by atoms with E-state index in [2.05, 4.69) is 19.2 Å². The number of hydrogen-bond acceptors (Lipinski definition) is 5. The van der Waals surface area contributed by atoms with E-state index in [4.69, 9.17) is 14.2 Å². The van der Waals surface area contributed by atoms with Crippen molar-refractivity contribution in [3.8, 4) is 0 Å². The zero-order chi connectivity index (χ0) is 29.4. The summed E-state index contributed by atoms with van der Waals surface area (Å²) >= 11 is 0. The first kappa shape index (κ1) is 39.1. The molecular formula is C34H70N2O4. The van der Waals surface area contributed by atoms with E-state index in [-0.39, 0.29) is 18.8 Å². The molecule has 1 N–H and O–H groups in total. The van der Waals surface area contributed by atoms with Gasteiger partial charge >= 0.3 is 6.09 Å². The zero-order valence-corrected chi connectivity index (χ0v) is 27.5. The number of ether oxygens (including phenoxy) is 3. The second kappa shape index (κ2) is 32.7. The Balaban J connectivity index is 3.94. The number of amides is 1.